The maximum absolute atomic E-state index is 5.53. The molecule has 1 rings (SSSR count). The van der Waals surface area contributed by atoms with Crippen LogP contribution in [0.1, 0.15) is 32.0 Å². The van der Waals surface area contributed by atoms with Crippen molar-refractivity contribution < 1.29 is 0 Å². The molecule has 0 radical (unpaired) electrons. The Hall–Kier alpha value is -0.830. The summed E-state index contributed by atoms with van der Waals surface area (Å²) in [7, 11) is 0. The van der Waals surface area contributed by atoms with Gasteiger partial charge in [-0.25, -0.2) is 0 Å². The summed E-state index contributed by atoms with van der Waals surface area (Å²) < 4.78 is 0. The molecule has 0 atom stereocenters. The second-order valence-corrected chi connectivity index (χ2v) is 3.72. The van der Waals surface area contributed by atoms with Crippen molar-refractivity contribution in [2.75, 3.05) is 0 Å². The van der Waals surface area contributed by atoms with Crippen LogP contribution in [-0.4, -0.2) is 10.2 Å². The van der Waals surface area contributed by atoms with Gasteiger partial charge in [0, 0.05) is 23.2 Å². The van der Waals surface area contributed by atoms with Crippen LogP contribution >= 0.6 is 0 Å². The van der Waals surface area contributed by atoms with E-state index in [-0.39, 0.29) is 5.41 Å². The highest BCUT2D eigenvalue weighted by Crippen LogP contribution is 2.22. The van der Waals surface area contributed by atoms with Gasteiger partial charge in [-0.1, -0.05) is 20.8 Å². The Morgan fingerprint density at radius 3 is 2.55 bits per heavy atom. The second-order valence-electron chi connectivity index (χ2n) is 3.72. The Balaban J connectivity index is 3.02. The summed E-state index contributed by atoms with van der Waals surface area (Å²) in [5, 5.41) is 6.92. The van der Waals surface area contributed by atoms with Crippen molar-refractivity contribution in [3.05, 3.63) is 17.5 Å². The third-order valence-electron chi connectivity index (χ3n) is 1.69. The van der Waals surface area contributed by atoms with E-state index in [1.54, 1.807) is 6.20 Å². The van der Waals surface area contributed by atoms with E-state index < -0.39 is 0 Å². The zero-order valence-electron chi connectivity index (χ0n) is 7.31. The summed E-state index contributed by atoms with van der Waals surface area (Å²) in [5.41, 5.74) is 7.90. The van der Waals surface area contributed by atoms with E-state index in [0.717, 1.165) is 11.3 Å². The van der Waals surface area contributed by atoms with Gasteiger partial charge in [0.25, 0.3) is 0 Å². The van der Waals surface area contributed by atoms with Gasteiger partial charge < -0.3 is 5.73 Å². The van der Waals surface area contributed by atoms with Crippen molar-refractivity contribution >= 4 is 0 Å². The number of nitrogens with one attached hydrogen (secondary N) is 1. The molecule has 3 N–H and O–H groups in total. The molecule has 1 heterocycles. The summed E-state index contributed by atoms with van der Waals surface area (Å²) in [6.07, 6.45) is 1.79. The van der Waals surface area contributed by atoms with E-state index in [2.05, 4.69) is 31.0 Å². The first-order valence-corrected chi connectivity index (χ1v) is 3.78. The third-order valence-corrected chi connectivity index (χ3v) is 1.69. The molecule has 0 saturated heterocycles. The lowest BCUT2D eigenvalue weighted by Gasteiger charge is -2.17. The predicted octanol–water partition coefficient (Wildman–Crippen LogP) is 1.17. The van der Waals surface area contributed by atoms with Crippen LogP contribution in [0.25, 0.3) is 0 Å². The molecule has 0 fully saturated rings. The first-order valence-electron chi connectivity index (χ1n) is 3.78. The average Bonchev–Trinajstić information content (AvgIpc) is 2.31. The largest absolute Gasteiger partial charge is 0.326 e. The van der Waals surface area contributed by atoms with Crippen LogP contribution in [-0.2, 0) is 12.0 Å². The standard InChI is InChI=1S/C8H15N3/c1-8(2,3)7-6(4-9)5-10-11-7/h5H,4,9H2,1-3H3,(H,10,11). The van der Waals surface area contributed by atoms with Gasteiger partial charge in [-0.05, 0) is 0 Å². The molecular weight excluding hydrogens is 138 g/mol. The van der Waals surface area contributed by atoms with Gasteiger partial charge in [-0.2, -0.15) is 5.10 Å². The van der Waals surface area contributed by atoms with E-state index in [4.69, 9.17) is 5.73 Å². The zero-order chi connectivity index (χ0) is 8.48. The molecule has 1 aromatic rings. The SMILES string of the molecule is CC(C)(C)c1[nH]ncc1CN. The van der Waals surface area contributed by atoms with Crippen molar-refractivity contribution in [3.8, 4) is 0 Å². The van der Waals surface area contributed by atoms with E-state index in [9.17, 15) is 0 Å². The fraction of sp³-hybridized carbons (Fsp3) is 0.625. The van der Waals surface area contributed by atoms with E-state index in [1.165, 1.54) is 0 Å². The molecule has 11 heavy (non-hydrogen) atoms. The van der Waals surface area contributed by atoms with E-state index >= 15 is 0 Å². The zero-order valence-corrected chi connectivity index (χ0v) is 7.31. The number of nitrogens with zero attached hydrogens (tertiary/aromatic N) is 1. The molecule has 1 aromatic heterocycles. The molecule has 62 valence electrons. The first-order chi connectivity index (χ1) is 5.05. The van der Waals surface area contributed by atoms with Gasteiger partial charge in [0.2, 0.25) is 0 Å². The summed E-state index contributed by atoms with van der Waals surface area (Å²) in [5.74, 6) is 0. The number of rotatable bonds is 1. The minimum Gasteiger partial charge on any atom is -0.326 e. The molecule has 3 heteroatoms. The van der Waals surface area contributed by atoms with Crippen LogP contribution in [0.3, 0.4) is 0 Å². The maximum Gasteiger partial charge on any atom is 0.0535 e. The molecule has 0 aliphatic rings. The molecule has 0 aliphatic carbocycles. The van der Waals surface area contributed by atoms with Crippen LogP contribution in [0.5, 0.6) is 0 Å². The van der Waals surface area contributed by atoms with Crippen LogP contribution in [0, 0.1) is 0 Å². The highest BCUT2D eigenvalue weighted by molar-refractivity contribution is 5.22. The molecule has 0 spiro atoms. The monoisotopic (exact) mass is 153 g/mol. The van der Waals surface area contributed by atoms with Crippen molar-refractivity contribution in [1.82, 2.24) is 10.2 Å². The fourth-order valence-corrected chi connectivity index (χ4v) is 1.12. The molecule has 0 saturated carbocycles. The summed E-state index contributed by atoms with van der Waals surface area (Å²) in [6.45, 7) is 6.97. The third kappa shape index (κ3) is 1.60. The van der Waals surface area contributed by atoms with Crippen molar-refractivity contribution in [1.29, 1.82) is 0 Å². The number of nitrogens with two attached hydrogens (primary N) is 1. The number of hydrogen-bond acceptors (Lipinski definition) is 2. The number of H-pyrrole nitrogens is 1. The predicted molar refractivity (Wildman–Crippen MR) is 45.2 cm³/mol. The number of hydrogen-bond donors (Lipinski definition) is 2. The molecule has 0 amide bonds. The Kier molecular flexibility index (Phi) is 2.00. The minimum atomic E-state index is 0.116. The lowest BCUT2D eigenvalue weighted by molar-refractivity contribution is 0.560. The average molecular weight is 153 g/mol. The number of aromatic nitrogens is 2. The highest BCUT2D eigenvalue weighted by Gasteiger charge is 2.18. The molecule has 0 unspecified atom stereocenters. The molecule has 0 aromatic carbocycles. The van der Waals surface area contributed by atoms with Crippen molar-refractivity contribution in [2.45, 2.75) is 32.7 Å². The Morgan fingerprint density at radius 2 is 2.18 bits per heavy atom. The smallest absolute Gasteiger partial charge is 0.0535 e. The van der Waals surface area contributed by atoms with Crippen molar-refractivity contribution in [2.24, 2.45) is 5.73 Å². The van der Waals surface area contributed by atoms with E-state index in [1.807, 2.05) is 0 Å². The van der Waals surface area contributed by atoms with Gasteiger partial charge in [0.1, 0.15) is 0 Å². The number of aromatic amines is 1. The van der Waals surface area contributed by atoms with Crippen LogP contribution in [0.2, 0.25) is 0 Å². The fourth-order valence-electron chi connectivity index (χ4n) is 1.12. The maximum atomic E-state index is 5.53. The van der Waals surface area contributed by atoms with Gasteiger partial charge in [-0.3, -0.25) is 5.10 Å². The molecular formula is C8H15N3. The van der Waals surface area contributed by atoms with Crippen LogP contribution in [0.4, 0.5) is 0 Å². The first kappa shape index (κ1) is 8.27. The quantitative estimate of drug-likeness (QED) is 0.636. The van der Waals surface area contributed by atoms with Gasteiger partial charge in [0.15, 0.2) is 0 Å². The second kappa shape index (κ2) is 2.66. The topological polar surface area (TPSA) is 54.7 Å². The Bertz CT molecular complexity index is 232. The highest BCUT2D eigenvalue weighted by atomic mass is 15.1. The minimum absolute atomic E-state index is 0.116. The molecule has 0 bridgehead atoms. The lowest BCUT2D eigenvalue weighted by Crippen LogP contribution is -2.15. The summed E-state index contributed by atoms with van der Waals surface area (Å²) >= 11 is 0. The van der Waals surface area contributed by atoms with E-state index in [0.29, 0.717) is 6.54 Å². The molecule has 3 nitrogen and oxygen atoms in total. The molecule has 0 aliphatic heterocycles. The van der Waals surface area contributed by atoms with Crippen molar-refractivity contribution in [3.63, 3.8) is 0 Å². The van der Waals surface area contributed by atoms with Gasteiger partial charge >= 0.3 is 0 Å². The van der Waals surface area contributed by atoms with Crippen LogP contribution < -0.4 is 5.73 Å². The van der Waals surface area contributed by atoms with Crippen LogP contribution in [0.15, 0.2) is 6.20 Å². The Labute approximate surface area is 67.0 Å². The Morgan fingerprint density at radius 1 is 1.55 bits per heavy atom. The normalized spacial score (nSPS) is 12.0. The van der Waals surface area contributed by atoms with Gasteiger partial charge in [-0.15, -0.1) is 0 Å². The lowest BCUT2D eigenvalue weighted by atomic mass is 9.90. The van der Waals surface area contributed by atoms with Gasteiger partial charge in [0.05, 0.1) is 6.20 Å². The summed E-state index contributed by atoms with van der Waals surface area (Å²) in [6, 6.07) is 0. The summed E-state index contributed by atoms with van der Waals surface area (Å²) in [4.78, 5) is 0.